The van der Waals surface area contributed by atoms with E-state index in [1.54, 1.807) is 6.92 Å². The molecule has 1 N–H and O–H groups in total. The predicted octanol–water partition coefficient (Wildman–Crippen LogP) is 1.14. The lowest BCUT2D eigenvalue weighted by atomic mass is 9.98. The molecule has 0 aliphatic carbocycles. The number of hydrogen-bond acceptors (Lipinski definition) is 3. The first-order valence-corrected chi connectivity index (χ1v) is 4.27. The molecular weight excluding hydrogens is 156 g/mol. The fraction of sp³-hybridized carbons (Fsp3) is 0.889. The third kappa shape index (κ3) is 3.83. The summed E-state index contributed by atoms with van der Waals surface area (Å²) >= 11 is 0. The van der Waals surface area contributed by atoms with Crippen LogP contribution in [0.25, 0.3) is 0 Å². The van der Waals surface area contributed by atoms with Crippen molar-refractivity contribution in [3.63, 3.8) is 0 Å². The van der Waals surface area contributed by atoms with Gasteiger partial charge in [-0.3, -0.25) is 4.79 Å². The molecule has 0 saturated heterocycles. The molecule has 0 spiro atoms. The predicted molar refractivity (Wildman–Crippen MR) is 47.0 cm³/mol. The van der Waals surface area contributed by atoms with Gasteiger partial charge in [-0.15, -0.1) is 0 Å². The second-order valence-corrected chi connectivity index (χ2v) is 3.41. The van der Waals surface area contributed by atoms with Crippen molar-refractivity contribution in [3.8, 4) is 0 Å². The average Bonchev–Trinajstić information content (AvgIpc) is 2.00. The van der Waals surface area contributed by atoms with E-state index in [9.17, 15) is 9.90 Å². The molecule has 12 heavy (non-hydrogen) atoms. The Morgan fingerprint density at radius 3 is 2.42 bits per heavy atom. The summed E-state index contributed by atoms with van der Waals surface area (Å²) in [6.45, 7) is 6.99. The minimum atomic E-state index is -1.23. The Morgan fingerprint density at radius 1 is 1.58 bits per heavy atom. The highest BCUT2D eigenvalue weighted by Gasteiger charge is 2.27. The number of carbonyl (C=O) groups excluding carboxylic acids is 1. The molecule has 0 bridgehead atoms. The first kappa shape index (κ1) is 11.6. The van der Waals surface area contributed by atoms with Crippen LogP contribution < -0.4 is 0 Å². The maximum atomic E-state index is 11.2. The SMILES string of the molecule is CCC(C)(O)C(=O)COC(C)C. The van der Waals surface area contributed by atoms with Crippen LogP contribution in [0.2, 0.25) is 0 Å². The Morgan fingerprint density at radius 2 is 2.08 bits per heavy atom. The second kappa shape index (κ2) is 4.58. The van der Waals surface area contributed by atoms with E-state index in [0.29, 0.717) is 6.42 Å². The second-order valence-electron chi connectivity index (χ2n) is 3.41. The largest absolute Gasteiger partial charge is 0.382 e. The van der Waals surface area contributed by atoms with Crippen LogP contribution in [0.1, 0.15) is 34.1 Å². The summed E-state index contributed by atoms with van der Waals surface area (Å²) in [5.74, 6) is -0.251. The molecule has 0 aliphatic rings. The summed E-state index contributed by atoms with van der Waals surface area (Å²) in [4.78, 5) is 11.2. The number of Topliss-reactive ketones (excluding diaryl/α,β-unsaturated/α-hetero) is 1. The molecule has 0 rings (SSSR count). The van der Waals surface area contributed by atoms with E-state index >= 15 is 0 Å². The van der Waals surface area contributed by atoms with Crippen molar-refractivity contribution < 1.29 is 14.6 Å². The minimum absolute atomic E-state index is 0.00148. The summed E-state index contributed by atoms with van der Waals surface area (Å²) in [6, 6.07) is 0. The molecule has 0 radical (unpaired) electrons. The van der Waals surface area contributed by atoms with Crippen molar-refractivity contribution in [2.45, 2.75) is 45.8 Å². The van der Waals surface area contributed by atoms with E-state index < -0.39 is 5.60 Å². The zero-order valence-electron chi connectivity index (χ0n) is 8.26. The number of hydrogen-bond donors (Lipinski definition) is 1. The third-order valence-corrected chi connectivity index (χ3v) is 1.84. The fourth-order valence-corrected chi connectivity index (χ4v) is 0.595. The average molecular weight is 174 g/mol. The van der Waals surface area contributed by atoms with Gasteiger partial charge in [0.05, 0.1) is 6.10 Å². The molecule has 72 valence electrons. The highest BCUT2D eigenvalue weighted by atomic mass is 16.5. The van der Waals surface area contributed by atoms with E-state index in [4.69, 9.17) is 4.74 Å². The van der Waals surface area contributed by atoms with Gasteiger partial charge in [0.15, 0.2) is 5.78 Å². The summed E-state index contributed by atoms with van der Waals surface area (Å²) < 4.78 is 5.08. The molecular formula is C9H18O3. The lowest BCUT2D eigenvalue weighted by Gasteiger charge is -2.19. The number of aliphatic hydroxyl groups is 1. The zero-order chi connectivity index (χ0) is 9.78. The van der Waals surface area contributed by atoms with Crippen molar-refractivity contribution >= 4 is 5.78 Å². The van der Waals surface area contributed by atoms with Crippen LogP contribution in [-0.4, -0.2) is 29.2 Å². The van der Waals surface area contributed by atoms with Crippen molar-refractivity contribution in [2.24, 2.45) is 0 Å². The van der Waals surface area contributed by atoms with Gasteiger partial charge in [0.2, 0.25) is 0 Å². The zero-order valence-corrected chi connectivity index (χ0v) is 8.26. The van der Waals surface area contributed by atoms with Crippen molar-refractivity contribution in [3.05, 3.63) is 0 Å². The van der Waals surface area contributed by atoms with Crippen LogP contribution in [0.15, 0.2) is 0 Å². The molecule has 0 fully saturated rings. The van der Waals surface area contributed by atoms with Crippen LogP contribution in [0, 0.1) is 0 Å². The Kier molecular flexibility index (Phi) is 4.42. The van der Waals surface area contributed by atoms with Crippen LogP contribution in [0.3, 0.4) is 0 Å². The van der Waals surface area contributed by atoms with Gasteiger partial charge < -0.3 is 9.84 Å². The van der Waals surface area contributed by atoms with Crippen molar-refractivity contribution in [1.82, 2.24) is 0 Å². The first-order valence-electron chi connectivity index (χ1n) is 4.27. The first-order chi connectivity index (χ1) is 5.40. The van der Waals surface area contributed by atoms with E-state index in [1.165, 1.54) is 6.92 Å². The molecule has 3 heteroatoms. The summed E-state index contributed by atoms with van der Waals surface area (Å²) in [5.41, 5.74) is -1.23. The lowest BCUT2D eigenvalue weighted by molar-refractivity contribution is -0.142. The summed E-state index contributed by atoms with van der Waals surface area (Å²) in [5, 5.41) is 9.48. The molecule has 0 aromatic carbocycles. The van der Waals surface area contributed by atoms with Crippen molar-refractivity contribution in [2.75, 3.05) is 6.61 Å². The van der Waals surface area contributed by atoms with Gasteiger partial charge in [-0.05, 0) is 27.2 Å². The quantitative estimate of drug-likeness (QED) is 0.680. The van der Waals surface area contributed by atoms with Gasteiger partial charge in [0.25, 0.3) is 0 Å². The fourth-order valence-electron chi connectivity index (χ4n) is 0.595. The molecule has 3 nitrogen and oxygen atoms in total. The third-order valence-electron chi connectivity index (χ3n) is 1.84. The molecule has 0 aromatic heterocycles. The van der Waals surface area contributed by atoms with Crippen molar-refractivity contribution in [1.29, 1.82) is 0 Å². The molecule has 0 heterocycles. The number of ether oxygens (including phenoxy) is 1. The van der Waals surface area contributed by atoms with Gasteiger partial charge in [0, 0.05) is 0 Å². The molecule has 1 unspecified atom stereocenters. The van der Waals surface area contributed by atoms with Crippen LogP contribution in [0.4, 0.5) is 0 Å². The number of carbonyl (C=O) groups is 1. The molecule has 0 aromatic rings. The molecule has 1 atom stereocenters. The van der Waals surface area contributed by atoms with Gasteiger partial charge in [-0.1, -0.05) is 6.92 Å². The van der Waals surface area contributed by atoms with E-state index in [-0.39, 0.29) is 18.5 Å². The highest BCUT2D eigenvalue weighted by Crippen LogP contribution is 2.10. The maximum absolute atomic E-state index is 11.2. The molecule has 0 saturated carbocycles. The van der Waals surface area contributed by atoms with Crippen LogP contribution >= 0.6 is 0 Å². The maximum Gasteiger partial charge on any atom is 0.189 e. The Labute approximate surface area is 73.7 Å². The molecule has 0 aliphatic heterocycles. The van der Waals surface area contributed by atoms with Gasteiger partial charge >= 0.3 is 0 Å². The summed E-state index contributed by atoms with van der Waals surface area (Å²) in [6.07, 6.45) is 0.453. The normalized spacial score (nSPS) is 16.2. The standard InChI is InChI=1S/C9H18O3/c1-5-9(4,11)8(10)6-12-7(2)3/h7,11H,5-6H2,1-4H3. The van der Waals surface area contributed by atoms with E-state index in [1.807, 2.05) is 13.8 Å². The van der Waals surface area contributed by atoms with Gasteiger partial charge in [-0.25, -0.2) is 0 Å². The summed E-state index contributed by atoms with van der Waals surface area (Å²) in [7, 11) is 0. The lowest BCUT2D eigenvalue weighted by Crippen LogP contribution is -2.37. The Bertz CT molecular complexity index is 150. The number of rotatable bonds is 5. The van der Waals surface area contributed by atoms with Crippen LogP contribution in [0.5, 0.6) is 0 Å². The number of ketones is 1. The smallest absolute Gasteiger partial charge is 0.189 e. The highest BCUT2D eigenvalue weighted by molar-refractivity contribution is 5.87. The Balaban J connectivity index is 3.88. The monoisotopic (exact) mass is 174 g/mol. The van der Waals surface area contributed by atoms with Crippen LogP contribution in [-0.2, 0) is 9.53 Å². The Hall–Kier alpha value is -0.410. The van der Waals surface area contributed by atoms with E-state index in [0.717, 1.165) is 0 Å². The van der Waals surface area contributed by atoms with Gasteiger partial charge in [0.1, 0.15) is 12.2 Å². The van der Waals surface area contributed by atoms with Gasteiger partial charge in [-0.2, -0.15) is 0 Å². The molecule has 0 amide bonds. The van der Waals surface area contributed by atoms with E-state index in [2.05, 4.69) is 0 Å². The topological polar surface area (TPSA) is 46.5 Å². The minimum Gasteiger partial charge on any atom is -0.382 e.